The van der Waals surface area contributed by atoms with Crippen molar-refractivity contribution in [3.63, 3.8) is 0 Å². The van der Waals surface area contributed by atoms with Crippen LogP contribution < -0.4 is 4.90 Å². The Hall–Kier alpha value is -2.88. The summed E-state index contributed by atoms with van der Waals surface area (Å²) in [5.41, 5.74) is 0.491. The highest BCUT2D eigenvalue weighted by Gasteiger charge is 2.36. The van der Waals surface area contributed by atoms with Crippen molar-refractivity contribution < 1.29 is 22.8 Å². The first-order valence-electron chi connectivity index (χ1n) is 11.2. The number of anilines is 1. The number of aromatic nitrogens is 2. The summed E-state index contributed by atoms with van der Waals surface area (Å²) < 4.78 is 42.7. The number of alkyl halides is 3. The number of halogens is 3. The second-order valence-electron chi connectivity index (χ2n) is 8.80. The maximum absolute atomic E-state index is 13.8. The molecule has 3 heterocycles. The summed E-state index contributed by atoms with van der Waals surface area (Å²) in [4.78, 5) is 29.8. The third kappa shape index (κ3) is 5.05. The predicted octanol–water partition coefficient (Wildman–Crippen LogP) is 3.88. The average molecular weight is 464 g/mol. The fourth-order valence-electron chi connectivity index (χ4n) is 4.59. The number of Topliss-reactive ketones (excluding diaryl/α,β-unsaturated/α-hetero) is 1. The number of hydrogen-bond acceptors (Lipinski definition) is 5. The fraction of sp³-hybridized carbons (Fsp3) is 0.522. The molecule has 4 rings (SSSR count). The van der Waals surface area contributed by atoms with E-state index in [1.165, 1.54) is 25.3 Å². The van der Waals surface area contributed by atoms with Gasteiger partial charge in [-0.15, -0.1) is 0 Å². The van der Waals surface area contributed by atoms with Crippen LogP contribution in [0.4, 0.5) is 23.7 Å². The van der Waals surface area contributed by atoms with E-state index in [-0.39, 0.29) is 35.7 Å². The van der Waals surface area contributed by atoms with Gasteiger partial charge in [-0.1, -0.05) is 6.07 Å². The third-order valence-electron chi connectivity index (χ3n) is 6.37. The van der Waals surface area contributed by atoms with Gasteiger partial charge in [-0.25, -0.2) is 4.79 Å². The lowest BCUT2D eigenvalue weighted by atomic mass is 10.0. The van der Waals surface area contributed by atoms with Crippen molar-refractivity contribution >= 4 is 17.5 Å². The molecule has 0 aliphatic carbocycles. The largest absolute Gasteiger partial charge is 0.416 e. The molecule has 2 fully saturated rings. The summed E-state index contributed by atoms with van der Waals surface area (Å²) in [5, 5.41) is 4.02. The Bertz CT molecular complexity index is 1030. The number of piperazine rings is 1. The highest BCUT2D eigenvalue weighted by atomic mass is 19.4. The molecule has 178 valence electrons. The Morgan fingerprint density at radius 2 is 1.82 bits per heavy atom. The maximum atomic E-state index is 13.8. The molecule has 1 amide bonds. The maximum Gasteiger partial charge on any atom is 0.416 e. The standard InChI is InChI=1S/C23H28F3N5O2/c1-16-14-28(11-12-30(16)22(33)31-10-7-21(27-31)17(2)32)15-18-5-6-19(29-8-3-4-9-29)13-20(18)23(24,25)26/h5-7,10,13,16H,3-4,8-9,11-12,14-15H2,1-2H3/t16-/m1/s1. The molecule has 2 aliphatic heterocycles. The van der Waals surface area contributed by atoms with Crippen molar-refractivity contribution in [2.45, 2.75) is 45.5 Å². The number of benzene rings is 1. The molecule has 2 aromatic rings. The summed E-state index contributed by atoms with van der Waals surface area (Å²) in [6, 6.07) is 5.57. The lowest BCUT2D eigenvalue weighted by Gasteiger charge is -2.39. The molecule has 2 aliphatic rings. The van der Waals surface area contributed by atoms with Gasteiger partial charge in [-0.05, 0) is 43.5 Å². The molecule has 1 atom stereocenters. The third-order valence-corrected chi connectivity index (χ3v) is 6.37. The normalized spacial score (nSPS) is 19.8. The van der Waals surface area contributed by atoms with E-state index in [4.69, 9.17) is 0 Å². The van der Waals surface area contributed by atoms with E-state index < -0.39 is 11.7 Å². The number of amides is 1. The molecule has 0 bridgehead atoms. The van der Waals surface area contributed by atoms with Gasteiger partial charge in [-0.3, -0.25) is 9.69 Å². The molecular formula is C23H28F3N5O2. The summed E-state index contributed by atoms with van der Waals surface area (Å²) in [6.07, 6.45) is -0.976. The SMILES string of the molecule is CC(=O)c1ccn(C(=O)N2CCN(Cc3ccc(N4CCCC4)cc3C(F)(F)F)C[C@H]2C)n1. The lowest BCUT2D eigenvalue weighted by Crippen LogP contribution is -2.54. The highest BCUT2D eigenvalue weighted by molar-refractivity contribution is 5.92. The smallest absolute Gasteiger partial charge is 0.372 e. The monoisotopic (exact) mass is 463 g/mol. The van der Waals surface area contributed by atoms with Crippen molar-refractivity contribution in [2.75, 3.05) is 37.6 Å². The van der Waals surface area contributed by atoms with Crippen LogP contribution in [-0.4, -0.2) is 70.2 Å². The van der Waals surface area contributed by atoms with Crippen LogP contribution >= 0.6 is 0 Å². The molecule has 1 aromatic carbocycles. The first-order chi connectivity index (χ1) is 15.6. The van der Waals surface area contributed by atoms with Crippen LogP contribution in [0.15, 0.2) is 30.5 Å². The van der Waals surface area contributed by atoms with Gasteiger partial charge in [0.2, 0.25) is 0 Å². The minimum Gasteiger partial charge on any atom is -0.372 e. The van der Waals surface area contributed by atoms with E-state index in [1.807, 2.05) is 16.7 Å². The highest BCUT2D eigenvalue weighted by Crippen LogP contribution is 2.36. The first-order valence-corrected chi connectivity index (χ1v) is 11.2. The lowest BCUT2D eigenvalue weighted by molar-refractivity contribution is -0.138. The number of ketones is 1. The molecule has 7 nitrogen and oxygen atoms in total. The van der Waals surface area contributed by atoms with E-state index >= 15 is 0 Å². The second kappa shape index (κ2) is 9.17. The van der Waals surface area contributed by atoms with Gasteiger partial charge in [0, 0.05) is 64.1 Å². The van der Waals surface area contributed by atoms with Crippen LogP contribution in [-0.2, 0) is 12.7 Å². The summed E-state index contributed by atoms with van der Waals surface area (Å²) in [7, 11) is 0. The number of rotatable bonds is 4. The zero-order valence-electron chi connectivity index (χ0n) is 18.8. The van der Waals surface area contributed by atoms with Crippen molar-refractivity contribution in [2.24, 2.45) is 0 Å². The van der Waals surface area contributed by atoms with E-state index in [2.05, 4.69) is 5.10 Å². The Balaban J connectivity index is 1.45. The van der Waals surface area contributed by atoms with Gasteiger partial charge in [0.25, 0.3) is 0 Å². The number of carbonyl (C=O) groups is 2. The van der Waals surface area contributed by atoms with E-state index in [0.29, 0.717) is 25.3 Å². The second-order valence-corrected chi connectivity index (χ2v) is 8.80. The molecule has 0 unspecified atom stereocenters. The molecule has 0 N–H and O–H groups in total. The van der Waals surface area contributed by atoms with E-state index in [0.717, 1.165) is 30.6 Å². The molecule has 0 spiro atoms. The van der Waals surface area contributed by atoms with Gasteiger partial charge in [0.05, 0.1) is 5.56 Å². The van der Waals surface area contributed by atoms with Crippen LogP contribution in [0, 0.1) is 0 Å². The number of carbonyl (C=O) groups excluding carboxylic acids is 2. The van der Waals surface area contributed by atoms with Crippen LogP contribution in [0.1, 0.15) is 48.3 Å². The van der Waals surface area contributed by atoms with Crippen LogP contribution in [0.2, 0.25) is 0 Å². The molecule has 0 saturated carbocycles. The van der Waals surface area contributed by atoms with Gasteiger partial charge >= 0.3 is 12.2 Å². The van der Waals surface area contributed by atoms with Gasteiger partial charge in [-0.2, -0.15) is 23.0 Å². The zero-order chi connectivity index (χ0) is 23.8. The summed E-state index contributed by atoms with van der Waals surface area (Å²) >= 11 is 0. The summed E-state index contributed by atoms with van der Waals surface area (Å²) in [5.74, 6) is -0.226. The topological polar surface area (TPSA) is 61.7 Å². The number of nitrogens with zero attached hydrogens (tertiary/aromatic N) is 5. The van der Waals surface area contributed by atoms with E-state index in [9.17, 15) is 22.8 Å². The molecule has 0 radical (unpaired) electrons. The van der Waals surface area contributed by atoms with Crippen LogP contribution in [0.25, 0.3) is 0 Å². The minimum absolute atomic E-state index is 0.164. The van der Waals surface area contributed by atoms with Crippen molar-refractivity contribution in [3.8, 4) is 0 Å². The Labute approximate surface area is 190 Å². The Morgan fingerprint density at radius 1 is 1.09 bits per heavy atom. The van der Waals surface area contributed by atoms with Gasteiger partial charge < -0.3 is 9.80 Å². The van der Waals surface area contributed by atoms with Gasteiger partial charge in [0.1, 0.15) is 5.69 Å². The summed E-state index contributed by atoms with van der Waals surface area (Å²) in [6.45, 7) is 6.23. The molecule has 2 saturated heterocycles. The molecule has 1 aromatic heterocycles. The predicted molar refractivity (Wildman–Crippen MR) is 117 cm³/mol. The Kier molecular flexibility index (Phi) is 6.47. The molecule has 10 heteroatoms. The van der Waals surface area contributed by atoms with Crippen molar-refractivity contribution in [3.05, 3.63) is 47.3 Å². The average Bonchev–Trinajstić information content (AvgIpc) is 3.45. The van der Waals surface area contributed by atoms with E-state index in [1.54, 1.807) is 17.0 Å². The van der Waals surface area contributed by atoms with Crippen LogP contribution in [0.5, 0.6) is 0 Å². The quantitative estimate of drug-likeness (QED) is 0.644. The van der Waals surface area contributed by atoms with Crippen molar-refractivity contribution in [1.29, 1.82) is 0 Å². The fourth-order valence-corrected chi connectivity index (χ4v) is 4.59. The number of hydrogen-bond donors (Lipinski definition) is 0. The first kappa shape index (κ1) is 23.3. The van der Waals surface area contributed by atoms with Crippen LogP contribution in [0.3, 0.4) is 0 Å². The van der Waals surface area contributed by atoms with Gasteiger partial charge in [0.15, 0.2) is 5.78 Å². The molecular weight excluding hydrogens is 435 g/mol. The van der Waals surface area contributed by atoms with Crippen molar-refractivity contribution in [1.82, 2.24) is 19.6 Å². The zero-order valence-corrected chi connectivity index (χ0v) is 18.8. The molecule has 33 heavy (non-hydrogen) atoms. The minimum atomic E-state index is -4.43. The Morgan fingerprint density at radius 3 is 2.42 bits per heavy atom.